The van der Waals surface area contributed by atoms with E-state index >= 15 is 0 Å². The molecule has 2 N–H and O–H groups in total. The van der Waals surface area contributed by atoms with Crippen LogP contribution in [0, 0.1) is 0 Å². The van der Waals surface area contributed by atoms with Crippen LogP contribution in [0.2, 0.25) is 0 Å². The summed E-state index contributed by atoms with van der Waals surface area (Å²) in [5, 5.41) is 6.33. The van der Waals surface area contributed by atoms with Gasteiger partial charge in [0.1, 0.15) is 11.5 Å². The van der Waals surface area contributed by atoms with E-state index in [0.29, 0.717) is 19.0 Å². The van der Waals surface area contributed by atoms with Crippen molar-refractivity contribution in [3.8, 4) is 11.5 Å². The highest BCUT2D eigenvalue weighted by Crippen LogP contribution is 2.23. The molecule has 0 atom stereocenters. The van der Waals surface area contributed by atoms with Gasteiger partial charge in [0.25, 0.3) is 0 Å². The average molecular weight is 292 g/mol. The van der Waals surface area contributed by atoms with Crippen molar-refractivity contribution in [1.29, 1.82) is 0 Å². The quantitative estimate of drug-likeness (QED) is 0.682. The summed E-state index contributed by atoms with van der Waals surface area (Å²) in [4.78, 5) is 11.5. The Bertz CT molecular complexity index is 473. The van der Waals surface area contributed by atoms with Crippen LogP contribution in [0.4, 0.5) is 0 Å². The fourth-order valence-corrected chi connectivity index (χ4v) is 2.14. The number of benzene rings is 1. The van der Waals surface area contributed by atoms with Gasteiger partial charge >= 0.3 is 0 Å². The standard InChI is InChI=1S/C16H24N2O3/c1-20-14-7-8-15(21-2)12(10-14)11-17-9-3-4-16(19)18-13-5-6-13/h7-8,10,13,17H,3-6,9,11H2,1-2H3,(H,18,19). The van der Waals surface area contributed by atoms with E-state index < -0.39 is 0 Å². The summed E-state index contributed by atoms with van der Waals surface area (Å²) in [5.74, 6) is 1.82. The minimum atomic E-state index is 0.165. The number of carbonyl (C=O) groups is 1. The lowest BCUT2D eigenvalue weighted by Crippen LogP contribution is -2.26. The van der Waals surface area contributed by atoms with Crippen molar-refractivity contribution in [3.63, 3.8) is 0 Å². The molecule has 1 saturated carbocycles. The number of rotatable bonds is 9. The Balaban J connectivity index is 1.68. The first-order valence-electron chi connectivity index (χ1n) is 7.44. The van der Waals surface area contributed by atoms with Gasteiger partial charge in [-0.05, 0) is 44.0 Å². The summed E-state index contributed by atoms with van der Waals surface area (Å²) in [5.41, 5.74) is 1.05. The molecule has 0 radical (unpaired) electrons. The third-order valence-electron chi connectivity index (χ3n) is 3.50. The maximum absolute atomic E-state index is 11.5. The number of amides is 1. The van der Waals surface area contributed by atoms with Crippen molar-refractivity contribution in [2.75, 3.05) is 20.8 Å². The fraction of sp³-hybridized carbons (Fsp3) is 0.562. The molecule has 5 heteroatoms. The molecule has 1 aromatic rings. The van der Waals surface area contributed by atoms with Gasteiger partial charge in [-0.3, -0.25) is 4.79 Å². The van der Waals surface area contributed by atoms with Crippen LogP contribution in [0.5, 0.6) is 11.5 Å². The molecule has 1 aliphatic rings. The Morgan fingerprint density at radius 3 is 2.76 bits per heavy atom. The molecule has 0 saturated heterocycles. The lowest BCUT2D eigenvalue weighted by Gasteiger charge is -2.11. The second kappa shape index (κ2) is 7.88. The van der Waals surface area contributed by atoms with Crippen LogP contribution in [0.15, 0.2) is 18.2 Å². The van der Waals surface area contributed by atoms with Crippen molar-refractivity contribution >= 4 is 5.91 Å². The Morgan fingerprint density at radius 1 is 1.29 bits per heavy atom. The van der Waals surface area contributed by atoms with E-state index in [2.05, 4.69) is 10.6 Å². The average Bonchev–Trinajstić information content (AvgIpc) is 3.30. The molecule has 116 valence electrons. The van der Waals surface area contributed by atoms with Crippen LogP contribution in [0.1, 0.15) is 31.2 Å². The van der Waals surface area contributed by atoms with Gasteiger partial charge in [-0.15, -0.1) is 0 Å². The van der Waals surface area contributed by atoms with Gasteiger partial charge < -0.3 is 20.1 Å². The van der Waals surface area contributed by atoms with E-state index in [-0.39, 0.29) is 5.91 Å². The maximum atomic E-state index is 11.5. The monoisotopic (exact) mass is 292 g/mol. The van der Waals surface area contributed by atoms with Gasteiger partial charge in [0.2, 0.25) is 5.91 Å². The van der Waals surface area contributed by atoms with Gasteiger partial charge in [-0.2, -0.15) is 0 Å². The number of hydrogen-bond acceptors (Lipinski definition) is 4. The first kappa shape index (κ1) is 15.6. The van der Waals surface area contributed by atoms with E-state index in [1.165, 1.54) is 0 Å². The highest BCUT2D eigenvalue weighted by Gasteiger charge is 2.22. The molecule has 1 aliphatic carbocycles. The largest absolute Gasteiger partial charge is 0.497 e. The van der Waals surface area contributed by atoms with E-state index in [4.69, 9.17) is 9.47 Å². The van der Waals surface area contributed by atoms with Gasteiger partial charge in [0, 0.05) is 24.6 Å². The lowest BCUT2D eigenvalue weighted by atomic mass is 10.2. The predicted octanol–water partition coefficient (Wildman–Crippen LogP) is 1.85. The molecule has 0 bridgehead atoms. The Hall–Kier alpha value is -1.75. The van der Waals surface area contributed by atoms with Crippen LogP contribution < -0.4 is 20.1 Å². The fourth-order valence-electron chi connectivity index (χ4n) is 2.14. The third kappa shape index (κ3) is 5.27. The summed E-state index contributed by atoms with van der Waals surface area (Å²) in [6, 6.07) is 6.20. The van der Waals surface area contributed by atoms with E-state index in [1.54, 1.807) is 14.2 Å². The van der Waals surface area contributed by atoms with Crippen molar-refractivity contribution < 1.29 is 14.3 Å². The molecule has 1 amide bonds. The van der Waals surface area contributed by atoms with Crippen LogP contribution >= 0.6 is 0 Å². The zero-order valence-electron chi connectivity index (χ0n) is 12.8. The Morgan fingerprint density at radius 2 is 2.10 bits per heavy atom. The van der Waals surface area contributed by atoms with Crippen molar-refractivity contribution in [2.45, 2.75) is 38.3 Å². The summed E-state index contributed by atoms with van der Waals surface area (Å²) < 4.78 is 10.6. The number of hydrogen-bond donors (Lipinski definition) is 2. The van der Waals surface area contributed by atoms with E-state index in [9.17, 15) is 4.79 Å². The third-order valence-corrected chi connectivity index (χ3v) is 3.50. The Kier molecular flexibility index (Phi) is 5.87. The van der Waals surface area contributed by atoms with Crippen LogP contribution in [0.25, 0.3) is 0 Å². The molecule has 21 heavy (non-hydrogen) atoms. The van der Waals surface area contributed by atoms with Crippen molar-refractivity contribution in [1.82, 2.24) is 10.6 Å². The van der Waals surface area contributed by atoms with E-state index in [1.807, 2.05) is 18.2 Å². The molecule has 1 fully saturated rings. The smallest absolute Gasteiger partial charge is 0.220 e. The summed E-state index contributed by atoms with van der Waals surface area (Å²) >= 11 is 0. The van der Waals surface area contributed by atoms with Crippen LogP contribution in [-0.2, 0) is 11.3 Å². The molecular weight excluding hydrogens is 268 g/mol. The second-order valence-electron chi connectivity index (χ2n) is 5.30. The van der Waals surface area contributed by atoms with Crippen molar-refractivity contribution in [2.24, 2.45) is 0 Å². The van der Waals surface area contributed by atoms with Gasteiger partial charge in [-0.1, -0.05) is 0 Å². The summed E-state index contributed by atoms with van der Waals surface area (Å²) in [6.07, 6.45) is 3.70. The maximum Gasteiger partial charge on any atom is 0.220 e. The van der Waals surface area contributed by atoms with Gasteiger partial charge in [-0.25, -0.2) is 0 Å². The first-order valence-corrected chi connectivity index (χ1v) is 7.44. The number of carbonyl (C=O) groups excluding carboxylic acids is 1. The number of methoxy groups -OCH3 is 2. The molecule has 1 aromatic carbocycles. The first-order chi connectivity index (χ1) is 10.2. The lowest BCUT2D eigenvalue weighted by molar-refractivity contribution is -0.121. The van der Waals surface area contributed by atoms with Gasteiger partial charge in [0.05, 0.1) is 14.2 Å². The van der Waals surface area contributed by atoms with Gasteiger partial charge in [0.15, 0.2) is 0 Å². The molecule has 0 heterocycles. The zero-order valence-corrected chi connectivity index (χ0v) is 12.8. The summed E-state index contributed by atoms with van der Waals surface area (Å²) in [7, 11) is 3.31. The van der Waals surface area contributed by atoms with Crippen LogP contribution in [0.3, 0.4) is 0 Å². The normalized spacial score (nSPS) is 13.8. The molecule has 0 aromatic heterocycles. The minimum Gasteiger partial charge on any atom is -0.497 e. The molecule has 0 unspecified atom stereocenters. The highest BCUT2D eigenvalue weighted by molar-refractivity contribution is 5.76. The Labute approximate surface area is 126 Å². The van der Waals surface area contributed by atoms with E-state index in [0.717, 1.165) is 42.9 Å². The minimum absolute atomic E-state index is 0.165. The molecule has 2 rings (SSSR count). The highest BCUT2D eigenvalue weighted by atomic mass is 16.5. The predicted molar refractivity (Wildman–Crippen MR) is 81.7 cm³/mol. The molecule has 0 spiro atoms. The zero-order chi connectivity index (χ0) is 15.1. The molecule has 0 aliphatic heterocycles. The topological polar surface area (TPSA) is 59.6 Å². The molecule has 5 nitrogen and oxygen atoms in total. The number of nitrogens with one attached hydrogen (secondary N) is 2. The van der Waals surface area contributed by atoms with Crippen LogP contribution in [-0.4, -0.2) is 32.7 Å². The van der Waals surface area contributed by atoms with Crippen molar-refractivity contribution in [3.05, 3.63) is 23.8 Å². The second-order valence-corrected chi connectivity index (χ2v) is 5.30. The summed E-state index contributed by atoms with van der Waals surface area (Å²) in [6.45, 7) is 1.50. The SMILES string of the molecule is COc1ccc(OC)c(CNCCCC(=O)NC2CC2)c1. The number of ether oxygens (including phenoxy) is 2. The molecular formula is C16H24N2O3.